The smallest absolute Gasteiger partial charge is 0.0854 e. The van der Waals surface area contributed by atoms with Gasteiger partial charge in [-0.25, -0.2) is 0 Å². The van der Waals surface area contributed by atoms with Crippen LogP contribution in [0, 0.1) is 0 Å². The van der Waals surface area contributed by atoms with E-state index in [1.165, 1.54) is 0 Å². The van der Waals surface area contributed by atoms with E-state index in [0.717, 1.165) is 19.5 Å². The monoisotopic (exact) mass is 156 g/mol. The minimum absolute atomic E-state index is 0.251. The second kappa shape index (κ2) is 3.72. The number of aliphatic imine (C=N–C) groups is 1. The van der Waals surface area contributed by atoms with Crippen molar-refractivity contribution in [1.82, 2.24) is 4.90 Å². The Morgan fingerprint density at radius 3 is 2.82 bits per heavy atom. The Balaban J connectivity index is 2.47. The van der Waals surface area contributed by atoms with E-state index < -0.39 is 0 Å². The fraction of sp³-hybridized carbons (Fsp3) is 0.875. The summed E-state index contributed by atoms with van der Waals surface area (Å²) in [6.07, 6.45) is 2.56. The number of rotatable bonds is 3. The van der Waals surface area contributed by atoms with Gasteiger partial charge in [-0.2, -0.15) is 0 Å². The molecule has 0 fully saturated rings. The zero-order valence-electron chi connectivity index (χ0n) is 7.20. The Hall–Kier alpha value is -0.570. The van der Waals surface area contributed by atoms with Crippen LogP contribution in [0.4, 0.5) is 0 Å². The van der Waals surface area contributed by atoms with Crippen LogP contribution in [-0.2, 0) is 0 Å². The number of hydrogen-bond acceptors (Lipinski definition) is 3. The Morgan fingerprint density at radius 2 is 2.45 bits per heavy atom. The predicted octanol–water partition coefficient (Wildman–Crippen LogP) is 0.490. The highest BCUT2D eigenvalue weighted by Gasteiger charge is 2.20. The van der Waals surface area contributed by atoms with E-state index in [0.29, 0.717) is 0 Å². The highest BCUT2D eigenvalue weighted by Crippen LogP contribution is 2.09. The molecule has 2 atom stereocenters. The maximum Gasteiger partial charge on any atom is 0.0854 e. The van der Waals surface area contributed by atoms with Crippen molar-refractivity contribution in [2.75, 3.05) is 13.1 Å². The zero-order chi connectivity index (χ0) is 8.27. The first-order valence-electron chi connectivity index (χ1n) is 4.19. The topological polar surface area (TPSA) is 35.8 Å². The normalized spacial score (nSPS) is 22.3. The van der Waals surface area contributed by atoms with Gasteiger partial charge in [0.15, 0.2) is 0 Å². The molecule has 0 aliphatic carbocycles. The third kappa shape index (κ3) is 1.93. The van der Waals surface area contributed by atoms with Crippen molar-refractivity contribution in [2.24, 2.45) is 4.99 Å². The van der Waals surface area contributed by atoms with Crippen LogP contribution in [0.5, 0.6) is 0 Å². The predicted molar refractivity (Wildman–Crippen MR) is 45.8 cm³/mol. The molecule has 0 radical (unpaired) electrons. The van der Waals surface area contributed by atoms with Crippen LogP contribution >= 0.6 is 0 Å². The van der Waals surface area contributed by atoms with Crippen molar-refractivity contribution in [2.45, 2.75) is 32.4 Å². The number of hydrogen-bond donors (Lipinski definition) is 1. The summed E-state index contributed by atoms with van der Waals surface area (Å²) in [5, 5.41) is 9.37. The first kappa shape index (κ1) is 8.53. The number of nitrogens with zero attached hydrogens (tertiary/aromatic N) is 2. The van der Waals surface area contributed by atoms with Gasteiger partial charge in [0.1, 0.15) is 0 Å². The third-order valence-electron chi connectivity index (χ3n) is 2.12. The Bertz CT molecular complexity index is 145. The SMILES string of the molecule is CCC(C(C)O)N1C=NCC1. The van der Waals surface area contributed by atoms with Crippen LogP contribution < -0.4 is 0 Å². The van der Waals surface area contributed by atoms with Crippen LogP contribution in [0.2, 0.25) is 0 Å². The van der Waals surface area contributed by atoms with Gasteiger partial charge >= 0.3 is 0 Å². The highest BCUT2D eigenvalue weighted by molar-refractivity contribution is 5.57. The molecular weight excluding hydrogens is 140 g/mol. The van der Waals surface area contributed by atoms with E-state index in [4.69, 9.17) is 0 Å². The van der Waals surface area contributed by atoms with Gasteiger partial charge in [-0.3, -0.25) is 4.99 Å². The summed E-state index contributed by atoms with van der Waals surface area (Å²) in [4.78, 5) is 6.22. The summed E-state index contributed by atoms with van der Waals surface area (Å²) in [5.41, 5.74) is 0. The summed E-state index contributed by atoms with van der Waals surface area (Å²) in [6, 6.07) is 0.251. The van der Waals surface area contributed by atoms with Gasteiger partial charge in [-0.15, -0.1) is 0 Å². The van der Waals surface area contributed by atoms with Crippen LogP contribution in [-0.4, -0.2) is 41.6 Å². The second-order valence-corrected chi connectivity index (χ2v) is 2.98. The third-order valence-corrected chi connectivity index (χ3v) is 2.12. The molecule has 1 aliphatic rings. The number of aliphatic hydroxyl groups is 1. The molecule has 1 rings (SSSR count). The molecule has 1 aliphatic heterocycles. The van der Waals surface area contributed by atoms with E-state index in [1.54, 1.807) is 0 Å². The summed E-state index contributed by atoms with van der Waals surface area (Å²) in [6.45, 7) is 5.76. The Kier molecular flexibility index (Phi) is 2.88. The van der Waals surface area contributed by atoms with Crippen LogP contribution in [0.15, 0.2) is 4.99 Å². The molecule has 64 valence electrons. The number of aliphatic hydroxyl groups excluding tert-OH is 1. The standard InChI is InChI=1S/C8H16N2O/c1-3-8(7(2)11)10-5-4-9-6-10/h6-8,11H,3-5H2,1-2H3. The van der Waals surface area contributed by atoms with Gasteiger partial charge in [0.25, 0.3) is 0 Å². The Morgan fingerprint density at radius 1 is 1.73 bits per heavy atom. The fourth-order valence-electron chi connectivity index (χ4n) is 1.50. The van der Waals surface area contributed by atoms with Gasteiger partial charge in [-0.1, -0.05) is 6.92 Å². The van der Waals surface area contributed by atoms with Crippen LogP contribution in [0.1, 0.15) is 20.3 Å². The van der Waals surface area contributed by atoms with Crippen molar-refractivity contribution in [3.05, 3.63) is 0 Å². The van der Waals surface area contributed by atoms with E-state index in [9.17, 15) is 5.11 Å². The molecule has 3 heteroatoms. The van der Waals surface area contributed by atoms with Crippen molar-refractivity contribution in [3.8, 4) is 0 Å². The lowest BCUT2D eigenvalue weighted by atomic mass is 10.1. The molecule has 2 unspecified atom stereocenters. The molecule has 0 saturated heterocycles. The quantitative estimate of drug-likeness (QED) is 0.645. The second-order valence-electron chi connectivity index (χ2n) is 2.98. The van der Waals surface area contributed by atoms with E-state index in [2.05, 4.69) is 16.8 Å². The molecular formula is C8H16N2O. The molecule has 0 amide bonds. The molecule has 1 N–H and O–H groups in total. The lowest BCUT2D eigenvalue weighted by Crippen LogP contribution is -2.40. The van der Waals surface area contributed by atoms with Crippen molar-refractivity contribution < 1.29 is 5.11 Å². The van der Waals surface area contributed by atoms with Crippen molar-refractivity contribution in [3.63, 3.8) is 0 Å². The van der Waals surface area contributed by atoms with Crippen LogP contribution in [0.3, 0.4) is 0 Å². The van der Waals surface area contributed by atoms with Crippen LogP contribution in [0.25, 0.3) is 0 Å². The van der Waals surface area contributed by atoms with E-state index in [-0.39, 0.29) is 12.1 Å². The summed E-state index contributed by atoms with van der Waals surface area (Å²) >= 11 is 0. The summed E-state index contributed by atoms with van der Waals surface area (Å²) < 4.78 is 0. The molecule has 3 nitrogen and oxygen atoms in total. The van der Waals surface area contributed by atoms with Gasteiger partial charge in [0.2, 0.25) is 0 Å². The summed E-state index contributed by atoms with van der Waals surface area (Å²) in [7, 11) is 0. The first-order valence-corrected chi connectivity index (χ1v) is 4.19. The van der Waals surface area contributed by atoms with Gasteiger partial charge < -0.3 is 10.0 Å². The van der Waals surface area contributed by atoms with Gasteiger partial charge in [0, 0.05) is 6.54 Å². The maximum atomic E-state index is 9.37. The minimum atomic E-state index is -0.260. The summed E-state index contributed by atoms with van der Waals surface area (Å²) in [5.74, 6) is 0. The lowest BCUT2D eigenvalue weighted by molar-refractivity contribution is 0.103. The van der Waals surface area contributed by atoms with E-state index in [1.807, 2.05) is 13.3 Å². The van der Waals surface area contributed by atoms with Crippen molar-refractivity contribution >= 4 is 6.34 Å². The first-order chi connectivity index (χ1) is 5.25. The average Bonchev–Trinajstić information content (AvgIpc) is 2.40. The van der Waals surface area contributed by atoms with Crippen molar-refractivity contribution in [1.29, 1.82) is 0 Å². The molecule has 0 bridgehead atoms. The molecule has 0 aromatic rings. The highest BCUT2D eigenvalue weighted by atomic mass is 16.3. The molecule has 0 spiro atoms. The molecule has 0 saturated carbocycles. The van der Waals surface area contributed by atoms with Gasteiger partial charge in [0.05, 0.1) is 25.0 Å². The zero-order valence-corrected chi connectivity index (χ0v) is 7.20. The maximum absolute atomic E-state index is 9.37. The molecule has 1 heterocycles. The fourth-order valence-corrected chi connectivity index (χ4v) is 1.50. The molecule has 0 aromatic heterocycles. The lowest BCUT2D eigenvalue weighted by Gasteiger charge is -2.27. The molecule has 0 aromatic carbocycles. The average molecular weight is 156 g/mol. The Labute approximate surface area is 67.7 Å². The van der Waals surface area contributed by atoms with E-state index >= 15 is 0 Å². The minimum Gasteiger partial charge on any atom is -0.391 e. The van der Waals surface area contributed by atoms with Gasteiger partial charge in [-0.05, 0) is 13.3 Å². The largest absolute Gasteiger partial charge is 0.391 e. The molecule has 11 heavy (non-hydrogen) atoms.